The molecule has 0 aromatic carbocycles. The average molecular weight is 1320 g/mol. The molecule has 19 nitrogen and oxygen atoms in total. The SMILES string of the molecule is CC/C=C\C/C=C\C/C=C\C/C=C\C/C=C\C/C=C\CCCCCCCCCCCCCCCCCCCCC(=O)NC(COC1OC(CO)C(OC2OC(CO)C(OC3OC(CO)C(O)C(O)C3O)C(O)C2O)C(O)C1O)C(O)CCCCCCCCCCCCC. The molecule has 3 aliphatic heterocycles. The zero-order valence-electron chi connectivity index (χ0n) is 57.2. The second kappa shape index (κ2) is 55.1. The Hall–Kier alpha value is -2.77. The third kappa shape index (κ3) is 36.6. The second-order valence-corrected chi connectivity index (χ2v) is 26.0. The van der Waals surface area contributed by atoms with Gasteiger partial charge in [0.2, 0.25) is 5.91 Å². The van der Waals surface area contributed by atoms with E-state index in [-0.39, 0.29) is 18.9 Å². The molecule has 3 rings (SSSR count). The van der Waals surface area contributed by atoms with Gasteiger partial charge in [-0.15, -0.1) is 0 Å². The fourth-order valence-corrected chi connectivity index (χ4v) is 12.1. The number of unbranched alkanes of at least 4 members (excludes halogenated alkanes) is 28. The van der Waals surface area contributed by atoms with Gasteiger partial charge in [0.25, 0.3) is 0 Å². The highest BCUT2D eigenvalue weighted by Gasteiger charge is 2.53. The molecule has 17 atom stereocenters. The van der Waals surface area contributed by atoms with Crippen molar-refractivity contribution in [2.75, 3.05) is 26.4 Å². The predicted octanol–water partition coefficient (Wildman–Crippen LogP) is 10.5. The number of ether oxygens (including phenoxy) is 6. The number of allylic oxidation sites excluding steroid dienone is 12. The predicted molar refractivity (Wildman–Crippen MR) is 365 cm³/mol. The molecule has 0 aromatic heterocycles. The number of hydrogen-bond acceptors (Lipinski definition) is 18. The van der Waals surface area contributed by atoms with Crippen molar-refractivity contribution in [3.8, 4) is 0 Å². The topological polar surface area (TPSA) is 307 Å². The summed E-state index contributed by atoms with van der Waals surface area (Å²) >= 11 is 0. The Morgan fingerprint density at radius 2 is 0.742 bits per heavy atom. The zero-order chi connectivity index (χ0) is 67.5. The minimum Gasteiger partial charge on any atom is -0.394 e. The van der Waals surface area contributed by atoms with Gasteiger partial charge in [0.15, 0.2) is 18.9 Å². The van der Waals surface area contributed by atoms with Crippen molar-refractivity contribution in [2.24, 2.45) is 0 Å². The lowest BCUT2D eigenvalue weighted by molar-refractivity contribution is -0.379. The van der Waals surface area contributed by atoms with E-state index in [2.05, 4.69) is 92.1 Å². The first-order valence-electron chi connectivity index (χ1n) is 36.7. The van der Waals surface area contributed by atoms with Gasteiger partial charge in [-0.1, -0.05) is 260 Å². The first-order valence-corrected chi connectivity index (χ1v) is 36.7. The van der Waals surface area contributed by atoms with Crippen molar-refractivity contribution in [1.29, 1.82) is 0 Å². The summed E-state index contributed by atoms with van der Waals surface area (Å²) in [5, 5.41) is 121. The van der Waals surface area contributed by atoms with E-state index in [1.165, 1.54) is 141 Å². The van der Waals surface area contributed by atoms with Crippen LogP contribution in [0.25, 0.3) is 0 Å². The van der Waals surface area contributed by atoms with Gasteiger partial charge in [0.1, 0.15) is 73.2 Å². The second-order valence-electron chi connectivity index (χ2n) is 26.0. The van der Waals surface area contributed by atoms with Gasteiger partial charge in [-0.3, -0.25) is 4.79 Å². The molecule has 0 aromatic rings. The van der Waals surface area contributed by atoms with Gasteiger partial charge in [-0.2, -0.15) is 0 Å². The van der Waals surface area contributed by atoms with Crippen LogP contribution in [0.3, 0.4) is 0 Å². The number of amides is 1. The van der Waals surface area contributed by atoms with Crippen molar-refractivity contribution in [3.63, 3.8) is 0 Å². The molecule has 0 bridgehead atoms. The highest BCUT2D eigenvalue weighted by Crippen LogP contribution is 2.33. The molecule has 17 unspecified atom stereocenters. The third-order valence-corrected chi connectivity index (χ3v) is 18.0. The van der Waals surface area contributed by atoms with Gasteiger partial charge < -0.3 is 89.9 Å². The van der Waals surface area contributed by atoms with Crippen LogP contribution in [-0.2, 0) is 33.2 Å². The molecule has 3 heterocycles. The van der Waals surface area contributed by atoms with E-state index in [1.807, 2.05) is 0 Å². The molecule has 93 heavy (non-hydrogen) atoms. The molecule has 0 spiro atoms. The van der Waals surface area contributed by atoms with Crippen LogP contribution in [-0.4, -0.2) is 193 Å². The summed E-state index contributed by atoms with van der Waals surface area (Å²) in [6.45, 7) is 1.67. The Balaban J connectivity index is 1.30. The van der Waals surface area contributed by atoms with Crippen LogP contribution in [0.4, 0.5) is 0 Å². The number of aliphatic hydroxyl groups is 11. The van der Waals surface area contributed by atoms with E-state index in [0.29, 0.717) is 12.8 Å². The minimum absolute atomic E-state index is 0.243. The van der Waals surface area contributed by atoms with Crippen molar-refractivity contribution >= 4 is 5.91 Å². The summed E-state index contributed by atoms with van der Waals surface area (Å²) < 4.78 is 34.4. The van der Waals surface area contributed by atoms with Gasteiger partial charge in [-0.05, 0) is 64.2 Å². The Kier molecular flexibility index (Phi) is 50.1. The third-order valence-electron chi connectivity index (χ3n) is 18.0. The van der Waals surface area contributed by atoms with Crippen molar-refractivity contribution in [3.05, 3.63) is 72.9 Å². The molecular weight excluding hydrogens is 1190 g/mol. The summed E-state index contributed by atoms with van der Waals surface area (Å²) in [6.07, 6.45) is 43.0. The number of aliphatic hydroxyl groups excluding tert-OH is 11. The summed E-state index contributed by atoms with van der Waals surface area (Å²) in [6, 6.07) is -0.887. The van der Waals surface area contributed by atoms with Gasteiger partial charge in [0, 0.05) is 6.42 Å². The number of carbonyl (C=O) groups is 1. The maximum Gasteiger partial charge on any atom is 0.220 e. The Morgan fingerprint density at radius 1 is 0.398 bits per heavy atom. The standard InChI is InChI=1S/C74H131NO18/c1-3-5-7-9-11-13-15-16-17-18-19-20-21-22-23-24-25-26-27-28-29-30-31-32-33-34-35-36-37-38-39-40-42-44-46-48-50-52-62(80)75-57(58(79)51-49-47-45-43-41-14-12-10-8-6-4-2)56-88-72-68(86)65(83)70(60(54-77)90-72)93-74-69(87)66(84)71(61(55-78)91-74)92-73-67(85)64(82)63(81)59(53-76)89-73/h5,7,11,13,16-17,19-20,22-23,25-26,57-61,63-74,76-79,81-87H,3-4,6,8-10,12,14-15,18,21,24,27-56H2,1-2H3,(H,75,80)/b7-5-,13-11-,17-16-,20-19-,23-22-,26-25-. The van der Waals surface area contributed by atoms with E-state index in [0.717, 1.165) is 83.5 Å². The van der Waals surface area contributed by atoms with E-state index in [9.17, 15) is 61.0 Å². The summed E-state index contributed by atoms with van der Waals surface area (Å²) in [5.41, 5.74) is 0. The van der Waals surface area contributed by atoms with E-state index >= 15 is 0 Å². The summed E-state index contributed by atoms with van der Waals surface area (Å²) in [5.74, 6) is -0.243. The molecular formula is C74H131NO18. The van der Waals surface area contributed by atoms with E-state index in [4.69, 9.17) is 28.4 Å². The minimum atomic E-state index is -1.97. The van der Waals surface area contributed by atoms with Crippen LogP contribution >= 0.6 is 0 Å². The lowest BCUT2D eigenvalue weighted by Gasteiger charge is -2.48. The van der Waals surface area contributed by atoms with Crippen molar-refractivity contribution in [2.45, 2.75) is 362 Å². The molecule has 3 saturated heterocycles. The lowest BCUT2D eigenvalue weighted by atomic mass is 9.96. The molecule has 540 valence electrons. The fourth-order valence-electron chi connectivity index (χ4n) is 12.1. The quantitative estimate of drug-likeness (QED) is 0.0199. The lowest BCUT2D eigenvalue weighted by Crippen LogP contribution is -2.66. The van der Waals surface area contributed by atoms with Crippen molar-refractivity contribution < 1.29 is 89.4 Å². The van der Waals surface area contributed by atoms with Crippen LogP contribution in [0.15, 0.2) is 72.9 Å². The van der Waals surface area contributed by atoms with E-state index in [1.54, 1.807) is 0 Å². The van der Waals surface area contributed by atoms with Crippen molar-refractivity contribution in [1.82, 2.24) is 5.32 Å². The maximum atomic E-state index is 13.4. The van der Waals surface area contributed by atoms with Crippen LogP contribution < -0.4 is 5.32 Å². The highest BCUT2D eigenvalue weighted by molar-refractivity contribution is 5.76. The largest absolute Gasteiger partial charge is 0.394 e. The summed E-state index contributed by atoms with van der Waals surface area (Å²) in [7, 11) is 0. The molecule has 12 N–H and O–H groups in total. The first kappa shape index (κ1) is 84.5. The molecule has 0 radical (unpaired) electrons. The van der Waals surface area contributed by atoms with Gasteiger partial charge >= 0.3 is 0 Å². The molecule has 0 saturated carbocycles. The van der Waals surface area contributed by atoms with Crippen LogP contribution in [0, 0.1) is 0 Å². The molecule has 1 amide bonds. The molecule has 19 heteroatoms. The number of rotatable bonds is 56. The molecule has 3 aliphatic rings. The average Bonchev–Trinajstić information content (AvgIpc) is 0.805. The Labute approximate surface area is 559 Å². The van der Waals surface area contributed by atoms with Gasteiger partial charge in [0.05, 0.1) is 38.6 Å². The number of carbonyl (C=O) groups excluding carboxylic acids is 1. The Bertz CT molecular complexity index is 1970. The number of nitrogens with one attached hydrogen (secondary N) is 1. The first-order chi connectivity index (χ1) is 45.3. The zero-order valence-corrected chi connectivity index (χ0v) is 57.2. The number of hydrogen-bond donors (Lipinski definition) is 12. The van der Waals surface area contributed by atoms with Crippen LogP contribution in [0.2, 0.25) is 0 Å². The molecule has 0 aliphatic carbocycles. The maximum absolute atomic E-state index is 13.4. The highest BCUT2D eigenvalue weighted by atomic mass is 16.8. The monoisotopic (exact) mass is 1320 g/mol. The van der Waals surface area contributed by atoms with Crippen LogP contribution in [0.5, 0.6) is 0 Å². The van der Waals surface area contributed by atoms with E-state index < -0.39 is 124 Å². The fraction of sp³-hybridized carbons (Fsp3) is 0.824. The normalized spacial score (nSPS) is 27.9. The molecule has 3 fully saturated rings. The van der Waals surface area contributed by atoms with Crippen LogP contribution in [0.1, 0.15) is 258 Å². The smallest absolute Gasteiger partial charge is 0.220 e. The summed E-state index contributed by atoms with van der Waals surface area (Å²) in [4.78, 5) is 13.4. The Morgan fingerprint density at radius 3 is 1.16 bits per heavy atom. The van der Waals surface area contributed by atoms with Gasteiger partial charge in [-0.25, -0.2) is 0 Å².